The molecule has 0 aliphatic heterocycles. The van der Waals surface area contributed by atoms with E-state index in [4.69, 9.17) is 0 Å². The zero-order valence-electron chi connectivity index (χ0n) is 13.9. The summed E-state index contributed by atoms with van der Waals surface area (Å²) in [5.41, 5.74) is 2.03. The summed E-state index contributed by atoms with van der Waals surface area (Å²) in [6.45, 7) is 12.9. The maximum atomic E-state index is 12.3. The van der Waals surface area contributed by atoms with E-state index in [2.05, 4.69) is 44.4 Å². The van der Waals surface area contributed by atoms with Crippen molar-refractivity contribution < 1.29 is 4.79 Å². The van der Waals surface area contributed by atoms with Crippen molar-refractivity contribution >= 4 is 11.7 Å². The van der Waals surface area contributed by atoms with Crippen molar-refractivity contribution in [1.29, 1.82) is 0 Å². The molecule has 1 atom stereocenters. The van der Waals surface area contributed by atoms with Crippen molar-refractivity contribution in [3.05, 3.63) is 29.8 Å². The van der Waals surface area contributed by atoms with Gasteiger partial charge >= 0.3 is 6.03 Å². The topological polar surface area (TPSA) is 44.4 Å². The summed E-state index contributed by atoms with van der Waals surface area (Å²) in [4.78, 5) is 14.1. The van der Waals surface area contributed by atoms with E-state index in [0.717, 1.165) is 25.3 Å². The van der Waals surface area contributed by atoms with Gasteiger partial charge in [0.25, 0.3) is 0 Å². The van der Waals surface area contributed by atoms with Crippen LogP contribution in [0.2, 0.25) is 0 Å². The van der Waals surface area contributed by atoms with Crippen LogP contribution in [0.5, 0.6) is 0 Å². The van der Waals surface area contributed by atoms with Gasteiger partial charge in [-0.1, -0.05) is 32.9 Å². The van der Waals surface area contributed by atoms with E-state index < -0.39 is 0 Å². The lowest BCUT2D eigenvalue weighted by molar-refractivity contribution is 0.208. The number of rotatable bonds is 7. The molecule has 1 aromatic rings. The third-order valence-electron chi connectivity index (χ3n) is 3.40. The smallest absolute Gasteiger partial charge is 0.321 e. The number of nitrogens with zero attached hydrogens (tertiary/aromatic N) is 1. The minimum absolute atomic E-state index is 0.0283. The molecule has 2 N–H and O–H groups in total. The second-order valence-corrected chi connectivity index (χ2v) is 5.77. The summed E-state index contributed by atoms with van der Waals surface area (Å²) in [6.07, 6.45) is 0. The molecule has 0 fully saturated rings. The number of nitrogens with one attached hydrogen (secondary N) is 2. The average molecular weight is 291 g/mol. The van der Waals surface area contributed by atoms with E-state index in [0.29, 0.717) is 5.92 Å². The molecule has 1 aromatic carbocycles. The van der Waals surface area contributed by atoms with E-state index in [9.17, 15) is 4.79 Å². The maximum absolute atomic E-state index is 12.3. The Labute approximate surface area is 128 Å². The quantitative estimate of drug-likeness (QED) is 0.801. The fraction of sp³-hybridized carbons (Fsp3) is 0.588. The highest BCUT2D eigenvalue weighted by atomic mass is 16.2. The average Bonchev–Trinajstić information content (AvgIpc) is 2.45. The Morgan fingerprint density at radius 3 is 2.52 bits per heavy atom. The van der Waals surface area contributed by atoms with Crippen molar-refractivity contribution in [3.63, 3.8) is 0 Å². The molecule has 0 saturated heterocycles. The first-order valence-corrected chi connectivity index (χ1v) is 7.87. The monoisotopic (exact) mass is 291 g/mol. The molecule has 4 heteroatoms. The molecule has 1 unspecified atom stereocenters. The van der Waals surface area contributed by atoms with Gasteiger partial charge in [0, 0.05) is 24.8 Å². The molecule has 0 aliphatic rings. The lowest BCUT2D eigenvalue weighted by atomic mass is 10.1. The number of hydrogen-bond acceptors (Lipinski definition) is 2. The molecule has 21 heavy (non-hydrogen) atoms. The summed E-state index contributed by atoms with van der Waals surface area (Å²) < 4.78 is 0. The number of anilines is 1. The molecule has 0 aromatic heterocycles. The second-order valence-electron chi connectivity index (χ2n) is 5.77. The molecule has 0 spiro atoms. The fourth-order valence-electron chi connectivity index (χ4n) is 2.31. The van der Waals surface area contributed by atoms with Gasteiger partial charge in [-0.05, 0) is 44.0 Å². The van der Waals surface area contributed by atoms with Gasteiger partial charge in [0.15, 0.2) is 0 Å². The number of carbonyl (C=O) groups excluding carboxylic acids is 1. The summed E-state index contributed by atoms with van der Waals surface area (Å²) >= 11 is 0. The molecule has 1 rings (SSSR count). The first-order chi connectivity index (χ1) is 9.97. The predicted molar refractivity (Wildman–Crippen MR) is 89.6 cm³/mol. The van der Waals surface area contributed by atoms with Gasteiger partial charge in [0.1, 0.15) is 0 Å². The van der Waals surface area contributed by atoms with Crippen molar-refractivity contribution in [1.82, 2.24) is 10.2 Å². The van der Waals surface area contributed by atoms with Crippen LogP contribution in [-0.2, 0) is 0 Å². The SMILES string of the molecule is CCNC(C)c1cccc(NC(=O)N(CC)CC(C)C)c1. The standard InChI is InChI=1S/C17H29N3O/c1-6-18-14(5)15-9-8-10-16(11-15)19-17(21)20(7-2)12-13(3)4/h8-11,13-14,18H,6-7,12H2,1-5H3,(H,19,21). The van der Waals surface area contributed by atoms with Crippen molar-refractivity contribution in [2.45, 2.75) is 40.7 Å². The summed E-state index contributed by atoms with van der Waals surface area (Å²) in [7, 11) is 0. The van der Waals surface area contributed by atoms with Crippen LogP contribution in [0.15, 0.2) is 24.3 Å². The van der Waals surface area contributed by atoms with Gasteiger partial charge in [0.05, 0.1) is 0 Å². The zero-order chi connectivity index (χ0) is 15.8. The summed E-state index contributed by atoms with van der Waals surface area (Å²) in [5, 5.41) is 6.37. The fourth-order valence-corrected chi connectivity index (χ4v) is 2.31. The third kappa shape index (κ3) is 5.76. The number of benzene rings is 1. The molecule has 0 aliphatic carbocycles. The Bertz CT molecular complexity index is 445. The zero-order valence-corrected chi connectivity index (χ0v) is 13.9. The van der Waals surface area contributed by atoms with Gasteiger partial charge in [-0.3, -0.25) is 0 Å². The van der Waals surface area contributed by atoms with E-state index >= 15 is 0 Å². The van der Waals surface area contributed by atoms with Crippen LogP contribution in [0.4, 0.5) is 10.5 Å². The highest BCUT2D eigenvalue weighted by Gasteiger charge is 2.13. The van der Waals surface area contributed by atoms with E-state index in [1.54, 1.807) is 0 Å². The summed E-state index contributed by atoms with van der Waals surface area (Å²) in [5.74, 6) is 0.468. The molecule has 0 heterocycles. The van der Waals surface area contributed by atoms with E-state index in [1.807, 2.05) is 30.0 Å². The van der Waals surface area contributed by atoms with Crippen LogP contribution < -0.4 is 10.6 Å². The van der Waals surface area contributed by atoms with Crippen LogP contribution in [0.25, 0.3) is 0 Å². The molecular weight excluding hydrogens is 262 g/mol. The number of amides is 2. The van der Waals surface area contributed by atoms with Crippen molar-refractivity contribution in [3.8, 4) is 0 Å². The normalized spacial score (nSPS) is 12.3. The lowest BCUT2D eigenvalue weighted by Gasteiger charge is -2.23. The first kappa shape index (κ1) is 17.5. The number of hydrogen-bond donors (Lipinski definition) is 2. The van der Waals surface area contributed by atoms with Crippen LogP contribution in [0.3, 0.4) is 0 Å². The van der Waals surface area contributed by atoms with Crippen LogP contribution in [0.1, 0.15) is 46.2 Å². The van der Waals surface area contributed by atoms with Gasteiger partial charge in [-0.2, -0.15) is 0 Å². The minimum atomic E-state index is -0.0283. The minimum Gasteiger partial charge on any atom is -0.325 e. The van der Waals surface area contributed by atoms with Crippen molar-refractivity contribution in [2.75, 3.05) is 25.0 Å². The van der Waals surface area contributed by atoms with Crippen molar-refractivity contribution in [2.24, 2.45) is 5.92 Å². The van der Waals surface area contributed by atoms with E-state index in [1.165, 1.54) is 5.56 Å². The molecule has 2 amide bonds. The van der Waals surface area contributed by atoms with Crippen LogP contribution in [0, 0.1) is 5.92 Å². The number of carbonyl (C=O) groups is 1. The molecule has 118 valence electrons. The molecule has 4 nitrogen and oxygen atoms in total. The Hall–Kier alpha value is -1.55. The molecule has 0 saturated carbocycles. The molecule has 0 radical (unpaired) electrons. The Balaban J connectivity index is 2.73. The van der Waals surface area contributed by atoms with E-state index in [-0.39, 0.29) is 12.1 Å². The lowest BCUT2D eigenvalue weighted by Crippen LogP contribution is -2.37. The van der Waals surface area contributed by atoms with Crippen LogP contribution in [-0.4, -0.2) is 30.6 Å². The molecular formula is C17H29N3O. The third-order valence-corrected chi connectivity index (χ3v) is 3.40. The number of urea groups is 1. The highest BCUT2D eigenvalue weighted by molar-refractivity contribution is 5.89. The van der Waals surface area contributed by atoms with Gasteiger partial charge in [0.2, 0.25) is 0 Å². The largest absolute Gasteiger partial charge is 0.325 e. The van der Waals surface area contributed by atoms with Gasteiger partial charge in [-0.15, -0.1) is 0 Å². The van der Waals surface area contributed by atoms with Gasteiger partial charge < -0.3 is 15.5 Å². The predicted octanol–water partition coefficient (Wildman–Crippen LogP) is 3.87. The second kappa shape index (κ2) is 8.67. The highest BCUT2D eigenvalue weighted by Crippen LogP contribution is 2.17. The Kier molecular flexibility index (Phi) is 7.23. The maximum Gasteiger partial charge on any atom is 0.321 e. The first-order valence-electron chi connectivity index (χ1n) is 7.87. The Morgan fingerprint density at radius 1 is 1.24 bits per heavy atom. The van der Waals surface area contributed by atoms with Crippen LogP contribution >= 0.6 is 0 Å². The Morgan fingerprint density at radius 2 is 1.95 bits per heavy atom. The van der Waals surface area contributed by atoms with Gasteiger partial charge in [-0.25, -0.2) is 4.79 Å². The summed E-state index contributed by atoms with van der Waals surface area (Å²) in [6, 6.07) is 8.29. The molecule has 0 bridgehead atoms.